The van der Waals surface area contributed by atoms with Crippen LogP contribution in [0.3, 0.4) is 0 Å². The number of unbranched alkanes of at least 4 members (excludes halogenated alkanes) is 11. The van der Waals surface area contributed by atoms with Crippen LogP contribution in [0.15, 0.2) is 17.3 Å². The maximum absolute atomic E-state index is 11.0. The zero-order chi connectivity index (χ0) is 41.2. The minimum absolute atomic E-state index is 0.448. The first-order chi connectivity index (χ1) is 26.9. The number of aliphatic hydroxyl groups is 11. The molecule has 326 valence electrons. The molecule has 20 nitrogen and oxygen atoms in total. The smallest absolute Gasteiger partial charge is 0.187 e. The summed E-state index contributed by atoms with van der Waals surface area (Å²) in [4.78, 5) is 2.76. The van der Waals surface area contributed by atoms with Crippen molar-refractivity contribution in [2.45, 2.75) is 188 Å². The van der Waals surface area contributed by atoms with Gasteiger partial charge in [-0.05, 0) is 18.4 Å². The summed E-state index contributed by atoms with van der Waals surface area (Å²) in [5.74, 6) is 0. The van der Waals surface area contributed by atoms with Gasteiger partial charge in [-0.25, -0.2) is 0 Å². The summed E-state index contributed by atoms with van der Waals surface area (Å²) >= 11 is 0. The molecule has 0 unspecified atom stereocenters. The highest BCUT2D eigenvalue weighted by Gasteiger charge is 2.53. The predicted molar refractivity (Wildman–Crippen MR) is 194 cm³/mol. The van der Waals surface area contributed by atoms with Gasteiger partial charge >= 0.3 is 0 Å². The van der Waals surface area contributed by atoms with Crippen molar-refractivity contribution in [3.8, 4) is 0 Å². The highest BCUT2D eigenvalue weighted by Crippen LogP contribution is 2.33. The van der Waals surface area contributed by atoms with E-state index in [0.717, 1.165) is 25.7 Å². The number of aliphatic hydroxyl groups excluding tert-OH is 11. The molecule has 3 saturated heterocycles. The Bertz CT molecular complexity index is 1150. The molecular formula is C36H65N3O17. The van der Waals surface area contributed by atoms with Gasteiger partial charge in [0.25, 0.3) is 0 Å². The number of hydrogen-bond donors (Lipinski definition) is 11. The molecule has 0 aromatic heterocycles. The Kier molecular flexibility index (Phi) is 22.4. The van der Waals surface area contributed by atoms with E-state index in [1.165, 1.54) is 57.4 Å². The summed E-state index contributed by atoms with van der Waals surface area (Å²) in [5, 5.41) is 118. The lowest BCUT2D eigenvalue weighted by Gasteiger charge is -2.48. The van der Waals surface area contributed by atoms with Crippen LogP contribution in [0.4, 0.5) is 0 Å². The first-order valence-corrected chi connectivity index (χ1v) is 19.8. The molecule has 3 fully saturated rings. The fraction of sp³-hybridized carbons (Fsp3) is 0.944. The predicted octanol–water partition coefficient (Wildman–Crippen LogP) is -1.25. The number of allylic oxidation sites excluding steroid dienone is 1. The van der Waals surface area contributed by atoms with Crippen LogP contribution in [0.5, 0.6) is 0 Å². The second-order valence-corrected chi connectivity index (χ2v) is 14.7. The lowest BCUT2D eigenvalue weighted by atomic mass is 9.96. The van der Waals surface area contributed by atoms with E-state index in [9.17, 15) is 56.2 Å². The lowest BCUT2D eigenvalue weighted by molar-refractivity contribution is -0.379. The molecule has 56 heavy (non-hydrogen) atoms. The van der Waals surface area contributed by atoms with Gasteiger partial charge in [0.2, 0.25) is 0 Å². The Morgan fingerprint density at radius 2 is 1.05 bits per heavy atom. The standard InChI is InChI=1S/C36H65N3O17/c1-2-3-4-5-6-7-8-9-10-11-12-13-14-15-21(43)20(38-39-37)19-51-34-30(49)27(46)32(23(17-41)53-34)56-36-31(50)28(47)33(24(18-42)54-36)55-35-29(48)26(45)25(44)22(16-40)52-35/h14-15,20-36,40-50H,2-13,16-19H2,1H3/b15-14+/t20-,21+,22+,23+,24+,25-,26-,27+,28+,29+,30+,31+,32+,33-,34+,35+,36-/m0/s1. The first kappa shape index (κ1) is 48.7. The van der Waals surface area contributed by atoms with E-state index in [4.69, 9.17) is 34.0 Å². The van der Waals surface area contributed by atoms with Crippen molar-refractivity contribution in [1.29, 1.82) is 0 Å². The van der Waals surface area contributed by atoms with Gasteiger partial charge in [-0.15, -0.1) is 0 Å². The van der Waals surface area contributed by atoms with Crippen LogP contribution in [0.25, 0.3) is 10.4 Å². The Morgan fingerprint density at radius 1 is 0.607 bits per heavy atom. The summed E-state index contributed by atoms with van der Waals surface area (Å²) in [5.41, 5.74) is 9.08. The van der Waals surface area contributed by atoms with Crippen LogP contribution in [0.2, 0.25) is 0 Å². The van der Waals surface area contributed by atoms with Crippen molar-refractivity contribution < 1.29 is 84.6 Å². The molecule has 17 atom stereocenters. The molecule has 0 spiro atoms. The molecule has 3 rings (SSSR count). The van der Waals surface area contributed by atoms with Gasteiger partial charge in [-0.3, -0.25) is 0 Å². The van der Waals surface area contributed by atoms with E-state index in [-0.39, 0.29) is 0 Å². The maximum Gasteiger partial charge on any atom is 0.187 e. The quantitative estimate of drug-likeness (QED) is 0.0169. The molecule has 0 saturated carbocycles. The molecule has 0 aliphatic carbocycles. The van der Waals surface area contributed by atoms with Crippen LogP contribution in [0, 0.1) is 0 Å². The Balaban J connectivity index is 1.49. The van der Waals surface area contributed by atoms with E-state index >= 15 is 0 Å². The van der Waals surface area contributed by atoms with Crippen molar-refractivity contribution in [3.05, 3.63) is 22.6 Å². The average molecular weight is 812 g/mol. The molecule has 20 heteroatoms. The molecule has 0 aromatic carbocycles. The van der Waals surface area contributed by atoms with Gasteiger partial charge < -0.3 is 84.6 Å². The molecule has 3 heterocycles. The molecular weight excluding hydrogens is 746 g/mol. The van der Waals surface area contributed by atoms with E-state index in [2.05, 4.69) is 16.9 Å². The molecule has 0 amide bonds. The number of rotatable bonds is 25. The SMILES string of the molecule is CCCCCCCCCCCCC/C=C/[C@@H](O)[C@H](CO[C@@H]1O[C@H](CO)[C@@H](O[C@@H]2O[C@H](CO)[C@H](O[C@H]3O[C@H](CO)[C@H](O)[C@H](O)[C@H]3O)[C@H](O)[C@H]2O)[C@H](O)[C@H]1O)N=[N+]=[N-]. The summed E-state index contributed by atoms with van der Waals surface area (Å²) in [6.45, 7) is -0.667. The summed E-state index contributed by atoms with van der Waals surface area (Å²) in [6, 6.07) is -1.14. The van der Waals surface area contributed by atoms with Crippen LogP contribution < -0.4 is 0 Å². The fourth-order valence-electron chi connectivity index (χ4n) is 6.93. The van der Waals surface area contributed by atoms with Crippen LogP contribution in [-0.2, 0) is 28.4 Å². The Morgan fingerprint density at radius 3 is 1.55 bits per heavy atom. The topological polar surface area (TPSA) is 327 Å². The van der Waals surface area contributed by atoms with Crippen LogP contribution in [0.1, 0.15) is 84.0 Å². The number of hydrogen-bond acceptors (Lipinski definition) is 18. The summed E-state index contributed by atoms with van der Waals surface area (Å²) in [7, 11) is 0. The van der Waals surface area contributed by atoms with E-state index in [1.807, 2.05) is 0 Å². The van der Waals surface area contributed by atoms with E-state index in [0.29, 0.717) is 0 Å². The number of nitrogens with zero attached hydrogens (tertiary/aromatic N) is 3. The minimum Gasteiger partial charge on any atom is -0.394 e. The summed E-state index contributed by atoms with van der Waals surface area (Å²) in [6.07, 6.45) is -9.57. The van der Waals surface area contributed by atoms with Crippen LogP contribution >= 0.6 is 0 Å². The average Bonchev–Trinajstić information content (AvgIpc) is 3.19. The van der Waals surface area contributed by atoms with Crippen molar-refractivity contribution in [2.75, 3.05) is 26.4 Å². The lowest BCUT2D eigenvalue weighted by Crippen LogP contribution is -2.66. The molecule has 3 aliphatic rings. The van der Waals surface area contributed by atoms with E-state index in [1.54, 1.807) is 6.08 Å². The van der Waals surface area contributed by atoms with Crippen molar-refractivity contribution in [3.63, 3.8) is 0 Å². The Labute approximate surface area is 326 Å². The van der Waals surface area contributed by atoms with Crippen molar-refractivity contribution in [1.82, 2.24) is 0 Å². The summed E-state index contributed by atoms with van der Waals surface area (Å²) < 4.78 is 33.3. The van der Waals surface area contributed by atoms with E-state index < -0.39 is 131 Å². The van der Waals surface area contributed by atoms with Gasteiger partial charge in [0, 0.05) is 4.91 Å². The molecule has 0 aromatic rings. The third-order valence-electron chi connectivity index (χ3n) is 10.4. The third-order valence-corrected chi connectivity index (χ3v) is 10.4. The molecule has 3 aliphatic heterocycles. The highest BCUT2D eigenvalue weighted by molar-refractivity contribution is 4.98. The Hall–Kier alpha value is -1.63. The van der Waals surface area contributed by atoms with Gasteiger partial charge in [-0.2, -0.15) is 0 Å². The van der Waals surface area contributed by atoms with Gasteiger partial charge in [0.05, 0.1) is 38.6 Å². The minimum atomic E-state index is -1.97. The zero-order valence-electron chi connectivity index (χ0n) is 32.0. The number of ether oxygens (including phenoxy) is 6. The third kappa shape index (κ3) is 14.0. The normalized spacial score (nSPS) is 37.7. The monoisotopic (exact) mass is 811 g/mol. The molecule has 0 bridgehead atoms. The largest absolute Gasteiger partial charge is 0.394 e. The van der Waals surface area contributed by atoms with Crippen LogP contribution in [-0.4, -0.2) is 187 Å². The van der Waals surface area contributed by atoms with Crippen molar-refractivity contribution in [2.24, 2.45) is 5.11 Å². The van der Waals surface area contributed by atoms with Gasteiger partial charge in [0.1, 0.15) is 73.2 Å². The second kappa shape index (κ2) is 25.8. The highest BCUT2D eigenvalue weighted by atomic mass is 16.8. The first-order valence-electron chi connectivity index (χ1n) is 19.8. The second-order valence-electron chi connectivity index (χ2n) is 14.7. The molecule has 11 N–H and O–H groups in total. The zero-order valence-corrected chi connectivity index (χ0v) is 32.0. The van der Waals surface area contributed by atoms with Crippen molar-refractivity contribution >= 4 is 0 Å². The fourth-order valence-corrected chi connectivity index (χ4v) is 6.93. The molecule has 0 radical (unpaired) electrons. The van der Waals surface area contributed by atoms with Gasteiger partial charge in [-0.1, -0.05) is 88.4 Å². The van der Waals surface area contributed by atoms with Gasteiger partial charge in [0.15, 0.2) is 18.9 Å². The number of azide groups is 1. The maximum atomic E-state index is 11.0.